The first kappa shape index (κ1) is 12.5. The zero-order valence-corrected chi connectivity index (χ0v) is 11.3. The second-order valence-corrected chi connectivity index (χ2v) is 5.10. The third kappa shape index (κ3) is 2.48. The average molecular weight is 236 g/mol. The summed E-state index contributed by atoms with van der Waals surface area (Å²) in [5.41, 5.74) is 2.65. The van der Waals surface area contributed by atoms with Gasteiger partial charge in [-0.3, -0.25) is 0 Å². The molecule has 0 amide bonds. The molecule has 1 aliphatic carbocycles. The summed E-state index contributed by atoms with van der Waals surface area (Å²) in [7, 11) is 1.77. The summed E-state index contributed by atoms with van der Waals surface area (Å²) >= 11 is 0. The molecule has 1 heterocycles. The number of rotatable bonds is 5. The zero-order chi connectivity index (χ0) is 12.3. The highest BCUT2D eigenvalue weighted by molar-refractivity contribution is 5.35. The number of aryl methyl sites for hydroxylation is 1. The summed E-state index contributed by atoms with van der Waals surface area (Å²) in [6.45, 7) is 5.50. The molecule has 3 heteroatoms. The number of nitrogens with zero attached hydrogens (tertiary/aromatic N) is 2. The van der Waals surface area contributed by atoms with Crippen molar-refractivity contribution >= 4 is 0 Å². The molecule has 0 aliphatic heterocycles. The van der Waals surface area contributed by atoms with Gasteiger partial charge in [0.1, 0.15) is 0 Å². The molecular formula is C14H24N2O. The second kappa shape index (κ2) is 5.56. The number of methoxy groups -OCH3 is 1. The van der Waals surface area contributed by atoms with Crippen LogP contribution in [0.25, 0.3) is 0 Å². The van der Waals surface area contributed by atoms with Gasteiger partial charge in [0, 0.05) is 18.0 Å². The fourth-order valence-corrected chi connectivity index (χ4v) is 2.75. The Morgan fingerprint density at radius 1 is 1.41 bits per heavy atom. The Hall–Kier alpha value is -0.990. The molecule has 0 fully saturated rings. The highest BCUT2D eigenvalue weighted by atomic mass is 16.5. The first-order chi connectivity index (χ1) is 8.27. The van der Waals surface area contributed by atoms with Crippen LogP contribution in [0.1, 0.15) is 63.1 Å². The number of unbranched alkanes of at least 4 members (excludes halogenated alkanes) is 2. The third-order valence-electron chi connectivity index (χ3n) is 3.73. The van der Waals surface area contributed by atoms with E-state index in [1.54, 1.807) is 7.11 Å². The quantitative estimate of drug-likeness (QED) is 0.731. The summed E-state index contributed by atoms with van der Waals surface area (Å²) in [4.78, 5) is 0. The van der Waals surface area contributed by atoms with Crippen molar-refractivity contribution < 1.29 is 4.74 Å². The first-order valence-corrected chi connectivity index (χ1v) is 6.91. The van der Waals surface area contributed by atoms with Crippen molar-refractivity contribution in [3.8, 4) is 5.88 Å². The highest BCUT2D eigenvalue weighted by Gasteiger charge is 2.25. The van der Waals surface area contributed by atoms with Crippen molar-refractivity contribution in [2.75, 3.05) is 7.11 Å². The number of hydrogen-bond acceptors (Lipinski definition) is 2. The van der Waals surface area contributed by atoms with Gasteiger partial charge in [0.25, 0.3) is 0 Å². The molecule has 2 rings (SSSR count). The van der Waals surface area contributed by atoms with Crippen LogP contribution in [-0.4, -0.2) is 16.9 Å². The molecule has 96 valence electrons. The lowest BCUT2D eigenvalue weighted by molar-refractivity contribution is 0.352. The lowest BCUT2D eigenvalue weighted by Crippen LogP contribution is -2.06. The van der Waals surface area contributed by atoms with Gasteiger partial charge < -0.3 is 4.74 Å². The first-order valence-electron chi connectivity index (χ1n) is 6.91. The van der Waals surface area contributed by atoms with Crippen LogP contribution in [0.2, 0.25) is 0 Å². The van der Waals surface area contributed by atoms with E-state index in [2.05, 4.69) is 18.5 Å². The smallest absolute Gasteiger partial charge is 0.215 e. The molecule has 0 radical (unpaired) electrons. The molecule has 0 aromatic carbocycles. The molecule has 3 nitrogen and oxygen atoms in total. The number of hydrogen-bond donors (Lipinski definition) is 0. The van der Waals surface area contributed by atoms with Gasteiger partial charge in [0.15, 0.2) is 0 Å². The largest absolute Gasteiger partial charge is 0.481 e. The van der Waals surface area contributed by atoms with Crippen molar-refractivity contribution in [3.05, 3.63) is 11.3 Å². The van der Waals surface area contributed by atoms with Crippen LogP contribution in [0.5, 0.6) is 5.88 Å². The van der Waals surface area contributed by atoms with Gasteiger partial charge in [-0.05, 0) is 25.7 Å². The third-order valence-corrected chi connectivity index (χ3v) is 3.73. The molecule has 1 unspecified atom stereocenters. The van der Waals surface area contributed by atoms with Crippen LogP contribution in [0, 0.1) is 0 Å². The molecule has 1 aliphatic rings. The highest BCUT2D eigenvalue weighted by Crippen LogP contribution is 2.36. The fourth-order valence-electron chi connectivity index (χ4n) is 2.75. The van der Waals surface area contributed by atoms with E-state index in [9.17, 15) is 0 Å². The predicted octanol–water partition coefficient (Wildman–Crippen LogP) is 3.52. The van der Waals surface area contributed by atoms with E-state index >= 15 is 0 Å². The molecule has 0 N–H and O–H groups in total. The summed E-state index contributed by atoms with van der Waals surface area (Å²) in [6.07, 6.45) is 7.38. The molecule has 17 heavy (non-hydrogen) atoms. The minimum atomic E-state index is 0.597. The van der Waals surface area contributed by atoms with Gasteiger partial charge in [-0.25, -0.2) is 4.68 Å². The molecule has 0 saturated heterocycles. The maximum Gasteiger partial charge on any atom is 0.215 e. The van der Waals surface area contributed by atoms with Crippen LogP contribution in [0.3, 0.4) is 0 Å². The molecular weight excluding hydrogens is 212 g/mol. The summed E-state index contributed by atoms with van der Waals surface area (Å²) in [5, 5.41) is 4.77. The van der Waals surface area contributed by atoms with Gasteiger partial charge in [-0.2, -0.15) is 5.10 Å². The van der Waals surface area contributed by atoms with Crippen molar-refractivity contribution in [3.63, 3.8) is 0 Å². The van der Waals surface area contributed by atoms with E-state index in [1.165, 1.54) is 43.4 Å². The Bertz CT molecular complexity index is 371. The van der Waals surface area contributed by atoms with Crippen molar-refractivity contribution in [1.29, 1.82) is 0 Å². The Kier molecular flexibility index (Phi) is 4.08. The maximum atomic E-state index is 5.56. The van der Waals surface area contributed by atoms with Crippen molar-refractivity contribution in [2.24, 2.45) is 0 Å². The lowest BCUT2D eigenvalue weighted by atomic mass is 9.89. The van der Waals surface area contributed by atoms with Crippen LogP contribution in [0.4, 0.5) is 0 Å². The molecule has 0 saturated carbocycles. The van der Waals surface area contributed by atoms with Gasteiger partial charge in [0.05, 0.1) is 12.8 Å². The number of aromatic nitrogens is 2. The molecule has 0 bridgehead atoms. The summed E-state index contributed by atoms with van der Waals surface area (Å²) in [6, 6.07) is 0. The SMILES string of the molecule is CCCCCn1nc2c(c1OC)CCCC2C. The van der Waals surface area contributed by atoms with E-state index in [1.807, 2.05) is 0 Å². The van der Waals surface area contributed by atoms with Gasteiger partial charge in [-0.1, -0.05) is 26.7 Å². The summed E-state index contributed by atoms with van der Waals surface area (Å²) < 4.78 is 7.65. The standard InChI is InChI=1S/C14H24N2O/c1-4-5-6-10-16-14(17-3)12-9-7-8-11(2)13(12)15-16/h11H,4-10H2,1-3H3. The van der Waals surface area contributed by atoms with Crippen LogP contribution in [-0.2, 0) is 13.0 Å². The van der Waals surface area contributed by atoms with Crippen molar-refractivity contribution in [1.82, 2.24) is 9.78 Å². The van der Waals surface area contributed by atoms with E-state index in [0.717, 1.165) is 18.8 Å². The van der Waals surface area contributed by atoms with Gasteiger partial charge in [-0.15, -0.1) is 0 Å². The monoisotopic (exact) mass is 236 g/mol. The predicted molar refractivity (Wildman–Crippen MR) is 69.7 cm³/mol. The minimum Gasteiger partial charge on any atom is -0.481 e. The Morgan fingerprint density at radius 3 is 2.94 bits per heavy atom. The molecule has 1 atom stereocenters. The average Bonchev–Trinajstić information content (AvgIpc) is 2.69. The number of fused-ring (bicyclic) bond motifs is 1. The number of ether oxygens (including phenoxy) is 1. The zero-order valence-electron chi connectivity index (χ0n) is 11.3. The van der Waals surface area contributed by atoms with Crippen LogP contribution in [0.15, 0.2) is 0 Å². The molecule has 1 aromatic heterocycles. The van der Waals surface area contributed by atoms with Crippen LogP contribution < -0.4 is 4.74 Å². The van der Waals surface area contributed by atoms with Crippen molar-refractivity contribution in [2.45, 2.75) is 64.8 Å². The lowest BCUT2D eigenvalue weighted by Gasteiger charge is -2.16. The van der Waals surface area contributed by atoms with Gasteiger partial charge in [0.2, 0.25) is 5.88 Å². The van der Waals surface area contributed by atoms with Crippen LogP contribution >= 0.6 is 0 Å². The van der Waals surface area contributed by atoms with E-state index in [-0.39, 0.29) is 0 Å². The normalized spacial score (nSPS) is 19.1. The van der Waals surface area contributed by atoms with E-state index in [0.29, 0.717) is 5.92 Å². The molecule has 1 aromatic rings. The minimum absolute atomic E-state index is 0.597. The second-order valence-electron chi connectivity index (χ2n) is 5.10. The topological polar surface area (TPSA) is 27.1 Å². The summed E-state index contributed by atoms with van der Waals surface area (Å²) in [5.74, 6) is 1.61. The van der Waals surface area contributed by atoms with E-state index < -0.39 is 0 Å². The maximum absolute atomic E-state index is 5.56. The Balaban J connectivity index is 2.20. The van der Waals surface area contributed by atoms with E-state index in [4.69, 9.17) is 9.84 Å². The van der Waals surface area contributed by atoms with Gasteiger partial charge >= 0.3 is 0 Å². The molecule has 0 spiro atoms. The fraction of sp³-hybridized carbons (Fsp3) is 0.786. The Morgan fingerprint density at radius 2 is 2.24 bits per heavy atom. The Labute approximate surface area is 104 Å².